The van der Waals surface area contributed by atoms with Crippen LogP contribution >= 0.6 is 0 Å². The van der Waals surface area contributed by atoms with Gasteiger partial charge in [0.1, 0.15) is 12.4 Å². The first-order valence-corrected chi connectivity index (χ1v) is 5.76. The van der Waals surface area contributed by atoms with E-state index in [-0.39, 0.29) is 23.5 Å². The Morgan fingerprint density at radius 1 is 1.24 bits per heavy atom. The first-order chi connectivity index (χ1) is 9.99. The number of nitro benzene ring substituents is 1. The fourth-order valence-electron chi connectivity index (χ4n) is 1.67. The Hall–Kier alpha value is -3.01. The number of halogens is 2. The van der Waals surface area contributed by atoms with Gasteiger partial charge in [0.05, 0.1) is 22.6 Å². The Bertz CT molecular complexity index is 741. The summed E-state index contributed by atoms with van der Waals surface area (Å²) in [6.07, 6.45) is 0. The molecule has 0 bridgehead atoms. The molecule has 0 atom stereocenters. The zero-order valence-corrected chi connectivity index (χ0v) is 10.5. The van der Waals surface area contributed by atoms with Crippen molar-refractivity contribution in [1.29, 1.82) is 5.26 Å². The van der Waals surface area contributed by atoms with Gasteiger partial charge in [-0.1, -0.05) is 0 Å². The molecule has 0 radical (unpaired) electrons. The highest BCUT2D eigenvalue weighted by molar-refractivity contribution is 5.37. The summed E-state index contributed by atoms with van der Waals surface area (Å²) in [5.41, 5.74) is -0.0689. The van der Waals surface area contributed by atoms with Crippen LogP contribution in [0.4, 0.5) is 14.5 Å². The average molecular weight is 290 g/mol. The second-order valence-corrected chi connectivity index (χ2v) is 4.12. The molecule has 0 heterocycles. The number of nitro groups is 1. The van der Waals surface area contributed by atoms with Crippen LogP contribution in [-0.2, 0) is 6.61 Å². The van der Waals surface area contributed by atoms with Crippen molar-refractivity contribution in [1.82, 2.24) is 0 Å². The molecule has 0 aliphatic carbocycles. The highest BCUT2D eigenvalue weighted by Crippen LogP contribution is 2.21. The topological polar surface area (TPSA) is 76.2 Å². The molecule has 5 nitrogen and oxygen atoms in total. The molecule has 7 heteroatoms. The summed E-state index contributed by atoms with van der Waals surface area (Å²) < 4.78 is 31.9. The van der Waals surface area contributed by atoms with Gasteiger partial charge in [-0.3, -0.25) is 10.1 Å². The Kier molecular flexibility index (Phi) is 4.09. The standard InChI is InChI=1S/C14H8F2N2O3/c15-11-3-10(4-12(6-11)18(19)20)8-21-14-2-1-9(7-17)5-13(14)16/h1-6H,8H2. The molecule has 2 aromatic rings. The van der Waals surface area contributed by atoms with Crippen molar-refractivity contribution >= 4 is 5.69 Å². The summed E-state index contributed by atoms with van der Waals surface area (Å²) in [7, 11) is 0. The number of non-ortho nitro benzene ring substituents is 1. The van der Waals surface area contributed by atoms with Crippen molar-refractivity contribution in [2.75, 3.05) is 0 Å². The molecule has 0 aromatic heterocycles. The lowest BCUT2D eigenvalue weighted by Crippen LogP contribution is -2.00. The summed E-state index contributed by atoms with van der Waals surface area (Å²) in [6.45, 7) is -0.235. The van der Waals surface area contributed by atoms with Crippen molar-refractivity contribution < 1.29 is 18.4 Å². The molecule has 0 spiro atoms. The van der Waals surface area contributed by atoms with Crippen molar-refractivity contribution in [2.45, 2.75) is 6.61 Å². The monoisotopic (exact) mass is 290 g/mol. The quantitative estimate of drug-likeness (QED) is 0.639. The summed E-state index contributed by atoms with van der Waals surface area (Å²) in [5, 5.41) is 19.2. The van der Waals surface area contributed by atoms with Crippen LogP contribution in [0.5, 0.6) is 5.75 Å². The van der Waals surface area contributed by atoms with E-state index in [4.69, 9.17) is 10.00 Å². The van der Waals surface area contributed by atoms with Crippen LogP contribution in [0.1, 0.15) is 11.1 Å². The molecule has 0 saturated carbocycles. The van der Waals surface area contributed by atoms with Crippen LogP contribution in [0.2, 0.25) is 0 Å². The Morgan fingerprint density at radius 2 is 2.00 bits per heavy atom. The summed E-state index contributed by atoms with van der Waals surface area (Å²) in [5.74, 6) is -1.64. The number of ether oxygens (including phenoxy) is 1. The summed E-state index contributed by atoms with van der Waals surface area (Å²) >= 11 is 0. The normalized spacial score (nSPS) is 9.95. The van der Waals surface area contributed by atoms with Gasteiger partial charge in [-0.15, -0.1) is 0 Å². The molecule has 0 aliphatic rings. The molecule has 0 aliphatic heterocycles. The van der Waals surface area contributed by atoms with E-state index in [1.54, 1.807) is 6.07 Å². The van der Waals surface area contributed by atoms with Crippen molar-refractivity contribution in [3.05, 3.63) is 69.3 Å². The second-order valence-electron chi connectivity index (χ2n) is 4.12. The van der Waals surface area contributed by atoms with E-state index in [9.17, 15) is 18.9 Å². The summed E-state index contributed by atoms with van der Waals surface area (Å²) in [6, 6.07) is 8.40. The van der Waals surface area contributed by atoms with Gasteiger partial charge in [-0.2, -0.15) is 5.26 Å². The fourth-order valence-corrected chi connectivity index (χ4v) is 1.67. The smallest absolute Gasteiger partial charge is 0.272 e. The number of nitrogens with zero attached hydrogens (tertiary/aromatic N) is 2. The Morgan fingerprint density at radius 3 is 2.62 bits per heavy atom. The molecule has 0 amide bonds. The molecule has 0 saturated heterocycles. The predicted octanol–water partition coefficient (Wildman–Crippen LogP) is 3.32. The van der Waals surface area contributed by atoms with Gasteiger partial charge in [0.25, 0.3) is 5.69 Å². The van der Waals surface area contributed by atoms with Crippen LogP contribution < -0.4 is 4.74 Å². The van der Waals surface area contributed by atoms with Crippen LogP contribution in [0, 0.1) is 33.1 Å². The van der Waals surface area contributed by atoms with Crippen LogP contribution in [0.3, 0.4) is 0 Å². The van der Waals surface area contributed by atoms with Gasteiger partial charge in [-0.25, -0.2) is 8.78 Å². The molecular weight excluding hydrogens is 282 g/mol. The zero-order chi connectivity index (χ0) is 15.4. The largest absolute Gasteiger partial charge is 0.486 e. The van der Waals surface area contributed by atoms with E-state index in [0.29, 0.717) is 0 Å². The lowest BCUT2D eigenvalue weighted by molar-refractivity contribution is -0.385. The van der Waals surface area contributed by atoms with Gasteiger partial charge in [0.15, 0.2) is 11.6 Å². The predicted molar refractivity (Wildman–Crippen MR) is 68.5 cm³/mol. The van der Waals surface area contributed by atoms with Gasteiger partial charge in [0.2, 0.25) is 0 Å². The number of benzene rings is 2. The first-order valence-electron chi connectivity index (χ1n) is 5.76. The lowest BCUT2D eigenvalue weighted by Gasteiger charge is -2.07. The highest BCUT2D eigenvalue weighted by Gasteiger charge is 2.11. The van der Waals surface area contributed by atoms with Crippen molar-refractivity contribution in [3.63, 3.8) is 0 Å². The fraction of sp³-hybridized carbons (Fsp3) is 0.0714. The zero-order valence-electron chi connectivity index (χ0n) is 10.5. The van der Waals surface area contributed by atoms with Gasteiger partial charge < -0.3 is 4.74 Å². The van der Waals surface area contributed by atoms with E-state index in [2.05, 4.69) is 0 Å². The van der Waals surface area contributed by atoms with Gasteiger partial charge >= 0.3 is 0 Å². The number of hydrogen-bond donors (Lipinski definition) is 0. The molecule has 0 fully saturated rings. The maximum Gasteiger partial charge on any atom is 0.272 e. The minimum atomic E-state index is -0.775. The maximum atomic E-state index is 13.6. The minimum absolute atomic E-state index is 0.124. The minimum Gasteiger partial charge on any atom is -0.486 e. The maximum absolute atomic E-state index is 13.6. The van der Waals surface area contributed by atoms with Crippen molar-refractivity contribution in [3.8, 4) is 11.8 Å². The third-order valence-corrected chi connectivity index (χ3v) is 2.61. The molecule has 0 N–H and O–H groups in total. The van der Waals surface area contributed by atoms with Gasteiger partial charge in [0, 0.05) is 6.07 Å². The molecule has 106 valence electrons. The van der Waals surface area contributed by atoms with Crippen molar-refractivity contribution in [2.24, 2.45) is 0 Å². The number of hydrogen-bond acceptors (Lipinski definition) is 4. The van der Waals surface area contributed by atoms with E-state index in [1.165, 1.54) is 12.1 Å². The molecule has 0 unspecified atom stereocenters. The SMILES string of the molecule is N#Cc1ccc(OCc2cc(F)cc([N+](=O)[O-])c2)c(F)c1. The van der Waals surface area contributed by atoms with E-state index < -0.39 is 22.2 Å². The molecule has 2 rings (SSSR count). The lowest BCUT2D eigenvalue weighted by atomic mass is 10.2. The van der Waals surface area contributed by atoms with Gasteiger partial charge in [-0.05, 0) is 29.8 Å². The second kappa shape index (κ2) is 5.96. The average Bonchev–Trinajstić information content (AvgIpc) is 2.45. The van der Waals surface area contributed by atoms with Crippen LogP contribution in [0.25, 0.3) is 0 Å². The Labute approximate surface area is 118 Å². The third-order valence-electron chi connectivity index (χ3n) is 2.61. The molecule has 2 aromatic carbocycles. The molecular formula is C14H8F2N2O3. The Balaban J connectivity index is 2.17. The van der Waals surface area contributed by atoms with Crippen LogP contribution in [-0.4, -0.2) is 4.92 Å². The summed E-state index contributed by atoms with van der Waals surface area (Å²) in [4.78, 5) is 9.88. The first kappa shape index (κ1) is 14.4. The third kappa shape index (κ3) is 3.51. The van der Waals surface area contributed by atoms with E-state index in [1.807, 2.05) is 0 Å². The number of rotatable bonds is 4. The van der Waals surface area contributed by atoms with E-state index >= 15 is 0 Å². The molecule has 21 heavy (non-hydrogen) atoms. The highest BCUT2D eigenvalue weighted by atomic mass is 19.1. The number of nitriles is 1. The van der Waals surface area contributed by atoms with Crippen LogP contribution in [0.15, 0.2) is 36.4 Å². The van der Waals surface area contributed by atoms with E-state index in [0.717, 1.165) is 24.3 Å².